The molecule has 1 amide bonds. The molecule has 19 heavy (non-hydrogen) atoms. The summed E-state index contributed by atoms with van der Waals surface area (Å²) < 4.78 is 5.62. The molecule has 1 heterocycles. The van der Waals surface area contributed by atoms with Gasteiger partial charge in [0.25, 0.3) is 0 Å². The zero-order valence-corrected chi connectivity index (χ0v) is 11.8. The first-order chi connectivity index (χ1) is 9.28. The maximum Gasteiger partial charge on any atom is 0.224 e. The molecule has 104 valence electrons. The van der Waals surface area contributed by atoms with Crippen molar-refractivity contribution in [2.24, 2.45) is 0 Å². The summed E-state index contributed by atoms with van der Waals surface area (Å²) in [5, 5.41) is 2.90. The number of carbonyl (C=O) groups is 1. The van der Waals surface area contributed by atoms with Crippen molar-refractivity contribution in [1.29, 1.82) is 0 Å². The predicted molar refractivity (Wildman–Crippen MR) is 77.5 cm³/mol. The van der Waals surface area contributed by atoms with Gasteiger partial charge < -0.3 is 10.1 Å². The fourth-order valence-corrected chi connectivity index (χ4v) is 2.45. The summed E-state index contributed by atoms with van der Waals surface area (Å²) in [4.78, 5) is 11.9. The Balaban J connectivity index is 1.76. The Morgan fingerprint density at radius 1 is 1.42 bits per heavy atom. The van der Waals surface area contributed by atoms with Gasteiger partial charge in [-0.3, -0.25) is 4.79 Å². The van der Waals surface area contributed by atoms with Crippen LogP contribution in [0.3, 0.4) is 0 Å². The molecule has 1 saturated heterocycles. The van der Waals surface area contributed by atoms with Crippen LogP contribution in [0.4, 0.5) is 5.69 Å². The predicted octanol–water partition coefficient (Wildman–Crippen LogP) is 3.71. The van der Waals surface area contributed by atoms with Crippen molar-refractivity contribution in [3.05, 3.63) is 29.8 Å². The molecule has 0 spiro atoms. The molecule has 1 N–H and O–H groups in total. The van der Waals surface area contributed by atoms with Crippen molar-refractivity contribution >= 4 is 23.2 Å². The normalized spacial score (nSPS) is 19.1. The number of ether oxygens (including phenoxy) is 1. The van der Waals surface area contributed by atoms with Crippen molar-refractivity contribution in [3.8, 4) is 0 Å². The number of nitrogens with one attached hydrogen (secondary N) is 1. The van der Waals surface area contributed by atoms with Crippen molar-refractivity contribution < 1.29 is 9.53 Å². The zero-order chi connectivity index (χ0) is 13.5. The van der Waals surface area contributed by atoms with E-state index >= 15 is 0 Å². The number of alkyl halides is 1. The van der Waals surface area contributed by atoms with Crippen LogP contribution in [-0.2, 0) is 15.4 Å². The average molecular weight is 282 g/mol. The Kier molecular flexibility index (Phi) is 5.67. The first-order valence-corrected chi connectivity index (χ1v) is 7.38. The molecule has 3 nitrogen and oxygen atoms in total. The van der Waals surface area contributed by atoms with Crippen LogP contribution in [0.5, 0.6) is 0 Å². The third kappa shape index (κ3) is 4.84. The molecule has 1 atom stereocenters. The van der Waals surface area contributed by atoms with Crippen LogP contribution in [0.2, 0.25) is 0 Å². The zero-order valence-electron chi connectivity index (χ0n) is 11.0. The van der Waals surface area contributed by atoms with Crippen LogP contribution >= 0.6 is 11.6 Å². The Labute approximate surface area is 119 Å². The molecule has 0 aliphatic carbocycles. The number of halogens is 1. The van der Waals surface area contributed by atoms with E-state index in [4.69, 9.17) is 16.3 Å². The van der Waals surface area contributed by atoms with Crippen LogP contribution in [0.25, 0.3) is 0 Å². The topological polar surface area (TPSA) is 38.3 Å². The van der Waals surface area contributed by atoms with Crippen molar-refractivity contribution in [3.63, 3.8) is 0 Å². The molecule has 1 fully saturated rings. The highest BCUT2D eigenvalue weighted by molar-refractivity contribution is 6.17. The molecule has 1 aromatic carbocycles. The largest absolute Gasteiger partial charge is 0.378 e. The smallest absolute Gasteiger partial charge is 0.224 e. The Hall–Kier alpha value is -1.06. The lowest BCUT2D eigenvalue weighted by atomic mass is 10.0. The van der Waals surface area contributed by atoms with Crippen molar-refractivity contribution in [2.75, 3.05) is 11.9 Å². The third-order valence-corrected chi connectivity index (χ3v) is 3.64. The summed E-state index contributed by atoms with van der Waals surface area (Å²) in [6.45, 7) is 0.837. The lowest BCUT2D eigenvalue weighted by Gasteiger charge is -2.22. The second-order valence-corrected chi connectivity index (χ2v) is 5.18. The molecule has 0 aromatic heterocycles. The number of hydrogen-bond donors (Lipinski definition) is 1. The van der Waals surface area contributed by atoms with Gasteiger partial charge in [0.1, 0.15) is 0 Å². The molecule has 1 aliphatic heterocycles. The first kappa shape index (κ1) is 14.4. The van der Waals surface area contributed by atoms with Gasteiger partial charge in [-0.2, -0.15) is 0 Å². The lowest BCUT2D eigenvalue weighted by Crippen LogP contribution is -2.21. The highest BCUT2D eigenvalue weighted by atomic mass is 35.5. The van der Waals surface area contributed by atoms with E-state index in [0.717, 1.165) is 37.1 Å². The van der Waals surface area contributed by atoms with Gasteiger partial charge in [-0.15, -0.1) is 11.6 Å². The molecule has 4 heteroatoms. The van der Waals surface area contributed by atoms with Crippen LogP contribution in [0.1, 0.15) is 37.7 Å². The van der Waals surface area contributed by atoms with E-state index in [1.807, 2.05) is 24.3 Å². The van der Waals surface area contributed by atoms with Gasteiger partial charge in [-0.1, -0.05) is 12.1 Å². The van der Waals surface area contributed by atoms with Crippen molar-refractivity contribution in [1.82, 2.24) is 0 Å². The number of rotatable bonds is 5. The molecule has 0 radical (unpaired) electrons. The van der Waals surface area contributed by atoms with Gasteiger partial charge in [-0.25, -0.2) is 0 Å². The summed E-state index contributed by atoms with van der Waals surface area (Å²) in [7, 11) is 0. The standard InChI is InChI=1S/C15H20ClNO2/c16-11-12-4-3-5-13(10-12)17-15(18)8-7-14-6-1-2-9-19-14/h3-5,10,14H,1-2,6-9,11H2,(H,17,18). The number of anilines is 1. The van der Waals surface area contributed by atoms with Crippen LogP contribution in [-0.4, -0.2) is 18.6 Å². The number of amides is 1. The molecule has 0 saturated carbocycles. The molecule has 0 bridgehead atoms. The van der Waals surface area contributed by atoms with Gasteiger partial charge >= 0.3 is 0 Å². The Morgan fingerprint density at radius 2 is 2.32 bits per heavy atom. The monoisotopic (exact) mass is 281 g/mol. The second kappa shape index (κ2) is 7.51. The fraction of sp³-hybridized carbons (Fsp3) is 0.533. The van der Waals surface area contributed by atoms with E-state index in [2.05, 4.69) is 5.32 Å². The number of carbonyl (C=O) groups excluding carboxylic acids is 1. The molecular weight excluding hydrogens is 262 g/mol. The summed E-state index contributed by atoms with van der Waals surface area (Å²) in [5.74, 6) is 0.500. The van der Waals surface area contributed by atoms with E-state index in [1.54, 1.807) is 0 Å². The summed E-state index contributed by atoms with van der Waals surface area (Å²) in [5.41, 5.74) is 1.82. The lowest BCUT2D eigenvalue weighted by molar-refractivity contribution is -0.117. The number of benzene rings is 1. The maximum absolute atomic E-state index is 11.9. The SMILES string of the molecule is O=C(CCC1CCCCO1)Nc1cccc(CCl)c1. The molecule has 1 aliphatic rings. The Bertz CT molecular complexity index is 416. The van der Waals surface area contributed by atoms with Gasteiger partial charge in [0.2, 0.25) is 5.91 Å². The molecule has 1 aromatic rings. The minimum Gasteiger partial charge on any atom is -0.378 e. The first-order valence-electron chi connectivity index (χ1n) is 6.84. The van der Waals surface area contributed by atoms with Gasteiger partial charge in [0.05, 0.1) is 6.10 Å². The summed E-state index contributed by atoms with van der Waals surface area (Å²) in [6, 6.07) is 7.63. The van der Waals surface area contributed by atoms with Gasteiger partial charge in [0, 0.05) is 24.6 Å². The van der Waals surface area contributed by atoms with E-state index in [-0.39, 0.29) is 12.0 Å². The number of hydrogen-bond acceptors (Lipinski definition) is 2. The van der Waals surface area contributed by atoms with Crippen LogP contribution in [0, 0.1) is 0 Å². The van der Waals surface area contributed by atoms with Crippen molar-refractivity contribution in [2.45, 2.75) is 44.1 Å². The molecule has 1 unspecified atom stereocenters. The maximum atomic E-state index is 11.9. The van der Waals surface area contributed by atoms with Crippen LogP contribution < -0.4 is 5.32 Å². The second-order valence-electron chi connectivity index (χ2n) is 4.91. The highest BCUT2D eigenvalue weighted by Gasteiger charge is 2.15. The van der Waals surface area contributed by atoms with Gasteiger partial charge in [-0.05, 0) is 43.4 Å². The molecule has 2 rings (SSSR count). The quantitative estimate of drug-likeness (QED) is 0.836. The minimum absolute atomic E-state index is 0.0425. The third-order valence-electron chi connectivity index (χ3n) is 3.33. The summed E-state index contributed by atoms with van der Waals surface area (Å²) in [6.07, 6.45) is 5.01. The van der Waals surface area contributed by atoms with Crippen LogP contribution in [0.15, 0.2) is 24.3 Å². The van der Waals surface area contributed by atoms with E-state index in [9.17, 15) is 4.79 Å². The van der Waals surface area contributed by atoms with E-state index in [0.29, 0.717) is 12.3 Å². The molecular formula is C15H20ClNO2. The van der Waals surface area contributed by atoms with E-state index in [1.165, 1.54) is 6.42 Å². The highest BCUT2D eigenvalue weighted by Crippen LogP contribution is 2.18. The Morgan fingerprint density at radius 3 is 3.05 bits per heavy atom. The fourth-order valence-electron chi connectivity index (χ4n) is 2.28. The minimum atomic E-state index is 0.0425. The average Bonchev–Trinajstić information content (AvgIpc) is 2.46. The summed E-state index contributed by atoms with van der Waals surface area (Å²) >= 11 is 5.77. The van der Waals surface area contributed by atoms with E-state index < -0.39 is 0 Å². The van der Waals surface area contributed by atoms with Gasteiger partial charge in [0.15, 0.2) is 0 Å².